The molecular formula is C19H22N4O3. The number of fused-ring (bicyclic) bond motifs is 3. The van der Waals surface area contributed by atoms with Crippen molar-refractivity contribution >= 4 is 17.7 Å². The average molecular weight is 354 g/mol. The Morgan fingerprint density at radius 2 is 1.92 bits per heavy atom. The maximum atomic E-state index is 12.9. The third kappa shape index (κ3) is 2.38. The highest BCUT2D eigenvalue weighted by molar-refractivity contribution is 6.05. The van der Waals surface area contributed by atoms with Gasteiger partial charge in [0.1, 0.15) is 6.04 Å². The molecule has 4 aliphatic rings. The summed E-state index contributed by atoms with van der Waals surface area (Å²) in [6, 6.07) is 6.52. The van der Waals surface area contributed by atoms with Crippen LogP contribution < -0.4 is 10.6 Å². The van der Waals surface area contributed by atoms with E-state index in [1.807, 2.05) is 12.1 Å². The standard InChI is InChI=1S/C19H22N4O3/c24-17-5-4-16(18(25)21-17)23-10-15-11(2-1-3-14(15)19(23)26)9-22-12-6-13(22)8-20-7-12/h1-3,12-13,16,20H,4-10H2,(H,21,24,25). The average Bonchev–Trinajstić information content (AvgIpc) is 2.98. The van der Waals surface area contributed by atoms with E-state index in [2.05, 4.69) is 21.6 Å². The third-order valence-electron chi connectivity index (χ3n) is 6.27. The highest BCUT2D eigenvalue weighted by Gasteiger charge is 2.43. The molecule has 0 aliphatic carbocycles. The number of nitrogens with zero attached hydrogens (tertiary/aromatic N) is 2. The first kappa shape index (κ1) is 16.0. The molecule has 0 saturated carbocycles. The van der Waals surface area contributed by atoms with Crippen molar-refractivity contribution in [3.63, 3.8) is 0 Å². The maximum Gasteiger partial charge on any atom is 0.255 e. The van der Waals surface area contributed by atoms with Gasteiger partial charge in [0.25, 0.3) is 5.91 Å². The molecule has 0 aromatic heterocycles. The number of rotatable bonds is 3. The van der Waals surface area contributed by atoms with Gasteiger partial charge >= 0.3 is 0 Å². The fraction of sp³-hybridized carbons (Fsp3) is 0.526. The Labute approximate surface area is 151 Å². The molecule has 2 N–H and O–H groups in total. The topological polar surface area (TPSA) is 81.8 Å². The minimum Gasteiger partial charge on any atom is -0.322 e. The van der Waals surface area contributed by atoms with Crippen LogP contribution >= 0.6 is 0 Å². The summed E-state index contributed by atoms with van der Waals surface area (Å²) in [5, 5.41) is 5.80. The quantitative estimate of drug-likeness (QED) is 0.747. The van der Waals surface area contributed by atoms with Crippen LogP contribution in [0, 0.1) is 0 Å². The zero-order chi connectivity index (χ0) is 17.8. The van der Waals surface area contributed by atoms with Gasteiger partial charge in [0.05, 0.1) is 0 Å². The van der Waals surface area contributed by atoms with Crippen molar-refractivity contribution in [1.82, 2.24) is 20.4 Å². The third-order valence-corrected chi connectivity index (χ3v) is 6.27. The van der Waals surface area contributed by atoms with E-state index in [1.165, 1.54) is 12.0 Å². The van der Waals surface area contributed by atoms with Gasteiger partial charge in [-0.3, -0.25) is 24.6 Å². The van der Waals surface area contributed by atoms with Crippen LogP contribution in [0.3, 0.4) is 0 Å². The lowest BCUT2D eigenvalue weighted by Gasteiger charge is -2.53. The number of hydrogen-bond acceptors (Lipinski definition) is 5. The first-order valence-corrected chi connectivity index (χ1v) is 9.33. The Morgan fingerprint density at radius 1 is 1.12 bits per heavy atom. The summed E-state index contributed by atoms with van der Waals surface area (Å²) in [4.78, 5) is 40.6. The lowest BCUT2D eigenvalue weighted by atomic mass is 9.87. The zero-order valence-corrected chi connectivity index (χ0v) is 14.5. The summed E-state index contributed by atoms with van der Waals surface area (Å²) in [5.41, 5.74) is 2.93. The molecule has 3 unspecified atom stereocenters. The summed E-state index contributed by atoms with van der Waals surface area (Å²) >= 11 is 0. The largest absolute Gasteiger partial charge is 0.322 e. The van der Waals surface area contributed by atoms with E-state index in [1.54, 1.807) is 4.90 Å². The number of amides is 3. The van der Waals surface area contributed by atoms with Gasteiger partial charge in [-0.25, -0.2) is 0 Å². The van der Waals surface area contributed by atoms with Crippen molar-refractivity contribution in [2.75, 3.05) is 13.1 Å². The molecule has 1 aromatic rings. The van der Waals surface area contributed by atoms with Crippen molar-refractivity contribution in [1.29, 1.82) is 0 Å². The molecule has 7 nitrogen and oxygen atoms in total. The Balaban J connectivity index is 1.38. The lowest BCUT2D eigenvalue weighted by molar-refractivity contribution is -0.136. The molecule has 7 heteroatoms. The van der Waals surface area contributed by atoms with Crippen molar-refractivity contribution in [2.24, 2.45) is 0 Å². The molecular weight excluding hydrogens is 332 g/mol. The highest BCUT2D eigenvalue weighted by Crippen LogP contribution is 2.34. The van der Waals surface area contributed by atoms with Crippen LogP contribution in [0.1, 0.15) is 40.7 Å². The number of nitrogens with one attached hydrogen (secondary N) is 2. The lowest BCUT2D eigenvalue weighted by Crippen LogP contribution is -2.67. The predicted octanol–water partition coefficient (Wildman–Crippen LogP) is -0.00630. The van der Waals surface area contributed by atoms with Gasteiger partial charge in [-0.2, -0.15) is 0 Å². The molecule has 4 heterocycles. The first-order chi connectivity index (χ1) is 12.6. The Morgan fingerprint density at radius 3 is 2.65 bits per heavy atom. The molecule has 4 aliphatic heterocycles. The van der Waals surface area contributed by atoms with Gasteiger partial charge in [0, 0.05) is 50.2 Å². The summed E-state index contributed by atoms with van der Waals surface area (Å²) in [6.07, 6.45) is 1.94. The molecule has 5 rings (SSSR count). The molecule has 3 fully saturated rings. The number of piperazine rings is 1. The van der Waals surface area contributed by atoms with E-state index in [4.69, 9.17) is 0 Å². The molecule has 2 bridgehead atoms. The van der Waals surface area contributed by atoms with E-state index in [0.717, 1.165) is 25.2 Å². The number of carbonyl (C=O) groups is 3. The van der Waals surface area contributed by atoms with Crippen LogP contribution in [-0.4, -0.2) is 58.7 Å². The number of benzene rings is 1. The highest BCUT2D eigenvalue weighted by atomic mass is 16.2. The van der Waals surface area contributed by atoms with Crippen LogP contribution in [0.15, 0.2) is 18.2 Å². The molecule has 0 spiro atoms. The number of carbonyl (C=O) groups excluding carboxylic acids is 3. The van der Waals surface area contributed by atoms with Crippen LogP contribution in [0.4, 0.5) is 0 Å². The van der Waals surface area contributed by atoms with Crippen molar-refractivity contribution in [2.45, 2.75) is 50.5 Å². The molecule has 3 amide bonds. The fourth-order valence-electron chi connectivity index (χ4n) is 4.82. The van der Waals surface area contributed by atoms with Crippen LogP contribution in [-0.2, 0) is 22.7 Å². The number of imide groups is 1. The van der Waals surface area contributed by atoms with Crippen molar-refractivity contribution < 1.29 is 14.4 Å². The van der Waals surface area contributed by atoms with Crippen LogP contribution in [0.5, 0.6) is 0 Å². The first-order valence-electron chi connectivity index (χ1n) is 9.33. The molecule has 3 atom stereocenters. The number of hydrogen-bond donors (Lipinski definition) is 2. The van der Waals surface area contributed by atoms with Gasteiger partial charge in [-0.05, 0) is 30.0 Å². The molecule has 3 saturated heterocycles. The summed E-state index contributed by atoms with van der Waals surface area (Å²) in [7, 11) is 0. The molecule has 26 heavy (non-hydrogen) atoms. The Hall–Kier alpha value is -2.25. The minimum absolute atomic E-state index is 0.0955. The van der Waals surface area contributed by atoms with Gasteiger partial charge < -0.3 is 10.2 Å². The molecule has 0 radical (unpaired) electrons. The van der Waals surface area contributed by atoms with Gasteiger partial charge in [-0.15, -0.1) is 0 Å². The Bertz CT molecular complexity index is 794. The second-order valence-electron chi connectivity index (χ2n) is 7.72. The van der Waals surface area contributed by atoms with E-state index >= 15 is 0 Å². The van der Waals surface area contributed by atoms with Gasteiger partial charge in [0.15, 0.2) is 0 Å². The predicted molar refractivity (Wildman–Crippen MR) is 93.1 cm³/mol. The normalized spacial score (nSPS) is 30.8. The zero-order valence-electron chi connectivity index (χ0n) is 14.5. The smallest absolute Gasteiger partial charge is 0.255 e. The monoisotopic (exact) mass is 354 g/mol. The van der Waals surface area contributed by atoms with E-state index < -0.39 is 6.04 Å². The van der Waals surface area contributed by atoms with Crippen LogP contribution in [0.2, 0.25) is 0 Å². The van der Waals surface area contributed by atoms with Crippen LogP contribution in [0.25, 0.3) is 0 Å². The summed E-state index contributed by atoms with van der Waals surface area (Å²) in [5.74, 6) is -0.705. The van der Waals surface area contributed by atoms with E-state index in [-0.39, 0.29) is 24.1 Å². The summed E-state index contributed by atoms with van der Waals surface area (Å²) < 4.78 is 0. The fourth-order valence-corrected chi connectivity index (χ4v) is 4.82. The van der Waals surface area contributed by atoms with Crippen molar-refractivity contribution in [3.05, 3.63) is 34.9 Å². The van der Waals surface area contributed by atoms with E-state index in [9.17, 15) is 14.4 Å². The SMILES string of the molecule is O=C1CCC(N2Cc3c(CN4C5CNCC4C5)cccc3C2=O)C(=O)N1. The number of piperidine rings is 2. The van der Waals surface area contributed by atoms with Gasteiger partial charge in [0.2, 0.25) is 11.8 Å². The second-order valence-corrected chi connectivity index (χ2v) is 7.72. The van der Waals surface area contributed by atoms with Gasteiger partial charge in [-0.1, -0.05) is 12.1 Å². The van der Waals surface area contributed by atoms with E-state index in [0.29, 0.717) is 30.6 Å². The van der Waals surface area contributed by atoms with Crippen molar-refractivity contribution in [3.8, 4) is 0 Å². The summed E-state index contributed by atoms with van der Waals surface area (Å²) in [6.45, 7) is 3.38. The minimum atomic E-state index is -0.548. The maximum absolute atomic E-state index is 12.9. The Kier molecular flexibility index (Phi) is 3.62. The second kappa shape index (κ2) is 5.89. The molecule has 136 valence electrons. The molecule has 1 aromatic carbocycles.